The molecule has 1 aromatic heterocycles. The molecule has 0 radical (unpaired) electrons. The quantitative estimate of drug-likeness (QED) is 0.848. The summed E-state index contributed by atoms with van der Waals surface area (Å²) in [6.07, 6.45) is 4.05. The summed E-state index contributed by atoms with van der Waals surface area (Å²) in [6.45, 7) is 2.20. The summed E-state index contributed by atoms with van der Waals surface area (Å²) >= 11 is 0. The Morgan fingerprint density at radius 1 is 1.18 bits per heavy atom. The van der Waals surface area contributed by atoms with Crippen LogP contribution >= 0.6 is 0 Å². The highest BCUT2D eigenvalue weighted by Crippen LogP contribution is 2.22. The zero-order valence-electron chi connectivity index (χ0n) is 10.4. The summed E-state index contributed by atoms with van der Waals surface area (Å²) in [5.74, 6) is 0.954. The highest BCUT2D eigenvalue weighted by molar-refractivity contribution is 5.29. The summed E-state index contributed by atoms with van der Waals surface area (Å²) in [7, 11) is 1.95. The third-order valence-electron chi connectivity index (χ3n) is 2.97. The normalized spacial score (nSPS) is 12.6. The molecule has 0 spiro atoms. The third kappa shape index (κ3) is 2.77. The van der Waals surface area contributed by atoms with Crippen LogP contribution in [0.15, 0.2) is 47.1 Å². The topological polar surface area (TPSA) is 25.2 Å². The Morgan fingerprint density at radius 3 is 2.47 bits per heavy atom. The molecular weight excluding hydrogens is 210 g/mol. The van der Waals surface area contributed by atoms with Gasteiger partial charge in [-0.3, -0.25) is 0 Å². The second-order valence-electron chi connectivity index (χ2n) is 4.23. The Kier molecular flexibility index (Phi) is 3.99. The van der Waals surface area contributed by atoms with Gasteiger partial charge in [-0.1, -0.05) is 37.6 Å². The number of benzene rings is 1. The van der Waals surface area contributed by atoms with Gasteiger partial charge in [0.15, 0.2) is 0 Å². The molecule has 2 aromatic rings. The largest absolute Gasteiger partial charge is 0.467 e. The Balaban J connectivity index is 2.20. The molecule has 0 saturated heterocycles. The van der Waals surface area contributed by atoms with Gasteiger partial charge in [-0.2, -0.15) is 0 Å². The number of furan rings is 1. The number of hydrogen-bond donors (Lipinski definition) is 1. The molecule has 1 atom stereocenters. The van der Waals surface area contributed by atoms with Gasteiger partial charge in [0, 0.05) is 0 Å². The minimum atomic E-state index is 0.140. The molecule has 1 unspecified atom stereocenters. The minimum Gasteiger partial charge on any atom is -0.467 e. The summed E-state index contributed by atoms with van der Waals surface area (Å²) in [6, 6.07) is 12.8. The van der Waals surface area contributed by atoms with E-state index in [-0.39, 0.29) is 6.04 Å². The van der Waals surface area contributed by atoms with Crippen LogP contribution in [-0.4, -0.2) is 7.05 Å². The first-order valence-electron chi connectivity index (χ1n) is 6.14. The van der Waals surface area contributed by atoms with Crippen LogP contribution in [0.4, 0.5) is 0 Å². The van der Waals surface area contributed by atoms with Crippen LogP contribution < -0.4 is 5.32 Å². The number of aryl methyl sites for hydroxylation is 1. The van der Waals surface area contributed by atoms with E-state index < -0.39 is 0 Å². The van der Waals surface area contributed by atoms with Gasteiger partial charge in [0.2, 0.25) is 0 Å². The van der Waals surface area contributed by atoms with E-state index in [1.165, 1.54) is 17.5 Å². The average Bonchev–Trinajstić information content (AvgIpc) is 2.86. The SMILES string of the molecule is CCCc1ccc(C(NC)c2ccco2)cc1. The number of rotatable bonds is 5. The third-order valence-corrected chi connectivity index (χ3v) is 2.97. The van der Waals surface area contributed by atoms with Gasteiger partial charge >= 0.3 is 0 Å². The predicted molar refractivity (Wildman–Crippen MR) is 70.0 cm³/mol. The van der Waals surface area contributed by atoms with E-state index in [9.17, 15) is 0 Å². The Labute approximate surface area is 103 Å². The summed E-state index contributed by atoms with van der Waals surface area (Å²) in [5, 5.41) is 3.28. The molecule has 0 aliphatic carbocycles. The van der Waals surface area contributed by atoms with Crippen molar-refractivity contribution < 1.29 is 4.42 Å². The zero-order valence-corrected chi connectivity index (χ0v) is 10.4. The van der Waals surface area contributed by atoms with E-state index in [1.54, 1.807) is 6.26 Å². The van der Waals surface area contributed by atoms with E-state index in [4.69, 9.17) is 4.42 Å². The van der Waals surface area contributed by atoms with Gasteiger partial charge in [-0.25, -0.2) is 0 Å². The molecule has 2 heteroatoms. The lowest BCUT2D eigenvalue weighted by atomic mass is 10.0. The van der Waals surface area contributed by atoms with E-state index in [0.717, 1.165) is 12.2 Å². The Bertz CT molecular complexity index is 430. The van der Waals surface area contributed by atoms with Gasteiger partial charge in [0.05, 0.1) is 12.3 Å². The smallest absolute Gasteiger partial charge is 0.125 e. The first-order valence-corrected chi connectivity index (χ1v) is 6.14. The van der Waals surface area contributed by atoms with Crippen molar-refractivity contribution in [3.8, 4) is 0 Å². The van der Waals surface area contributed by atoms with Gasteiger partial charge in [0.25, 0.3) is 0 Å². The van der Waals surface area contributed by atoms with Crippen molar-refractivity contribution in [2.24, 2.45) is 0 Å². The first kappa shape index (κ1) is 11.9. The predicted octanol–water partition coefficient (Wildman–Crippen LogP) is 3.54. The van der Waals surface area contributed by atoms with Gasteiger partial charge in [-0.15, -0.1) is 0 Å². The molecule has 0 bridgehead atoms. The summed E-state index contributed by atoms with van der Waals surface area (Å²) in [4.78, 5) is 0. The molecule has 0 amide bonds. The maximum absolute atomic E-state index is 5.46. The fraction of sp³-hybridized carbons (Fsp3) is 0.333. The molecule has 1 heterocycles. The van der Waals surface area contributed by atoms with E-state index >= 15 is 0 Å². The molecule has 1 N–H and O–H groups in total. The van der Waals surface area contributed by atoms with Crippen LogP contribution in [0, 0.1) is 0 Å². The van der Waals surface area contributed by atoms with Crippen LogP contribution in [0.3, 0.4) is 0 Å². The van der Waals surface area contributed by atoms with Crippen LogP contribution in [0.2, 0.25) is 0 Å². The molecule has 0 saturated carbocycles. The Morgan fingerprint density at radius 2 is 1.94 bits per heavy atom. The van der Waals surface area contributed by atoms with Crippen LogP contribution in [0.25, 0.3) is 0 Å². The average molecular weight is 229 g/mol. The maximum Gasteiger partial charge on any atom is 0.125 e. The van der Waals surface area contributed by atoms with Crippen LogP contribution in [0.1, 0.15) is 36.3 Å². The van der Waals surface area contributed by atoms with Gasteiger partial charge in [0.1, 0.15) is 5.76 Å². The van der Waals surface area contributed by atoms with E-state index in [2.05, 4.69) is 36.5 Å². The van der Waals surface area contributed by atoms with Crippen molar-refractivity contribution in [2.75, 3.05) is 7.05 Å². The second-order valence-corrected chi connectivity index (χ2v) is 4.23. The maximum atomic E-state index is 5.46. The standard InChI is InChI=1S/C15H19NO/c1-3-5-12-7-9-13(10-8-12)15(16-2)14-6-4-11-17-14/h4,6-11,15-16H,3,5H2,1-2H3. The lowest BCUT2D eigenvalue weighted by molar-refractivity contribution is 0.463. The minimum absolute atomic E-state index is 0.140. The van der Waals surface area contributed by atoms with Crippen molar-refractivity contribution in [1.82, 2.24) is 5.32 Å². The van der Waals surface area contributed by atoms with Gasteiger partial charge in [-0.05, 0) is 36.7 Å². The molecule has 17 heavy (non-hydrogen) atoms. The van der Waals surface area contributed by atoms with E-state index in [0.29, 0.717) is 0 Å². The van der Waals surface area contributed by atoms with Crippen molar-refractivity contribution in [3.05, 3.63) is 59.5 Å². The highest BCUT2D eigenvalue weighted by atomic mass is 16.3. The molecule has 0 fully saturated rings. The van der Waals surface area contributed by atoms with Crippen LogP contribution in [-0.2, 0) is 6.42 Å². The molecular formula is C15H19NO. The molecule has 0 aliphatic heterocycles. The van der Waals surface area contributed by atoms with E-state index in [1.807, 2.05) is 19.2 Å². The Hall–Kier alpha value is -1.54. The molecule has 1 aromatic carbocycles. The van der Waals surface area contributed by atoms with Crippen molar-refractivity contribution in [2.45, 2.75) is 25.8 Å². The monoisotopic (exact) mass is 229 g/mol. The first-order chi connectivity index (χ1) is 8.35. The lowest BCUT2D eigenvalue weighted by Gasteiger charge is -2.14. The van der Waals surface area contributed by atoms with Crippen molar-refractivity contribution >= 4 is 0 Å². The number of nitrogens with one attached hydrogen (secondary N) is 1. The van der Waals surface area contributed by atoms with Crippen molar-refractivity contribution in [3.63, 3.8) is 0 Å². The second kappa shape index (κ2) is 5.69. The fourth-order valence-corrected chi connectivity index (χ4v) is 2.09. The number of hydrogen-bond acceptors (Lipinski definition) is 2. The van der Waals surface area contributed by atoms with Gasteiger partial charge < -0.3 is 9.73 Å². The summed E-state index contributed by atoms with van der Waals surface area (Å²) in [5.41, 5.74) is 2.63. The fourth-order valence-electron chi connectivity index (χ4n) is 2.09. The zero-order chi connectivity index (χ0) is 12.1. The lowest BCUT2D eigenvalue weighted by Crippen LogP contribution is -2.16. The van der Waals surface area contributed by atoms with Crippen LogP contribution in [0.5, 0.6) is 0 Å². The molecule has 90 valence electrons. The molecule has 0 aliphatic rings. The molecule has 2 nitrogen and oxygen atoms in total. The highest BCUT2D eigenvalue weighted by Gasteiger charge is 2.13. The summed E-state index contributed by atoms with van der Waals surface area (Å²) < 4.78 is 5.46. The molecule has 2 rings (SSSR count). The van der Waals surface area contributed by atoms with Crippen molar-refractivity contribution in [1.29, 1.82) is 0 Å².